The van der Waals surface area contributed by atoms with Gasteiger partial charge in [0, 0.05) is 11.6 Å². The largest absolute Gasteiger partial charge is 0.319 e. The first-order chi connectivity index (χ1) is 6.15. The van der Waals surface area contributed by atoms with E-state index in [4.69, 9.17) is 11.6 Å². The van der Waals surface area contributed by atoms with E-state index in [-0.39, 0.29) is 11.7 Å². The Morgan fingerprint density at radius 3 is 2.85 bits per heavy atom. The summed E-state index contributed by atoms with van der Waals surface area (Å²) in [6, 6.07) is 4.46. The van der Waals surface area contributed by atoms with Gasteiger partial charge in [0.15, 0.2) is 0 Å². The lowest BCUT2D eigenvalue weighted by Crippen LogP contribution is -2.15. The second-order valence-corrected chi connectivity index (χ2v) is 3.53. The van der Waals surface area contributed by atoms with Crippen molar-refractivity contribution >= 4 is 11.6 Å². The molecule has 1 rings (SSSR count). The van der Waals surface area contributed by atoms with Crippen LogP contribution in [0.15, 0.2) is 18.2 Å². The summed E-state index contributed by atoms with van der Waals surface area (Å²) < 4.78 is 12.9. The normalized spacial score (nSPS) is 12.9. The molecule has 0 spiro atoms. The lowest BCUT2D eigenvalue weighted by Gasteiger charge is -2.12. The van der Waals surface area contributed by atoms with Gasteiger partial charge in [-0.15, -0.1) is 0 Å². The second kappa shape index (κ2) is 4.58. The Kier molecular flexibility index (Phi) is 3.70. The van der Waals surface area contributed by atoms with E-state index in [1.807, 2.05) is 14.0 Å². The zero-order valence-corrected chi connectivity index (χ0v) is 8.53. The Bertz CT molecular complexity index is 288. The average Bonchev–Trinajstić information content (AvgIpc) is 2.09. The molecule has 1 unspecified atom stereocenters. The molecule has 0 bridgehead atoms. The number of nitrogens with one attached hydrogen (secondary N) is 1. The molecule has 0 amide bonds. The van der Waals surface area contributed by atoms with Gasteiger partial charge in [-0.3, -0.25) is 0 Å². The first-order valence-electron chi connectivity index (χ1n) is 4.24. The number of rotatable bonds is 3. The standard InChI is InChI=1S/C10H13ClFN/c1-7(6-13-2)9-5-8(12)3-4-10(9)11/h3-5,7,13H,6H2,1-2H3. The summed E-state index contributed by atoms with van der Waals surface area (Å²) in [6.45, 7) is 2.81. The van der Waals surface area contributed by atoms with Crippen molar-refractivity contribution < 1.29 is 4.39 Å². The molecule has 3 heteroatoms. The number of hydrogen-bond donors (Lipinski definition) is 1. The van der Waals surface area contributed by atoms with Gasteiger partial charge >= 0.3 is 0 Å². The predicted molar refractivity (Wildman–Crippen MR) is 53.8 cm³/mol. The number of likely N-dealkylation sites (N-methyl/N-ethyl adjacent to an activating group) is 1. The monoisotopic (exact) mass is 201 g/mol. The van der Waals surface area contributed by atoms with E-state index in [0.29, 0.717) is 5.02 Å². The van der Waals surface area contributed by atoms with Crippen LogP contribution in [0.2, 0.25) is 5.02 Å². The van der Waals surface area contributed by atoms with Crippen LogP contribution in [-0.2, 0) is 0 Å². The lowest BCUT2D eigenvalue weighted by molar-refractivity contribution is 0.616. The van der Waals surface area contributed by atoms with Gasteiger partial charge in [-0.1, -0.05) is 18.5 Å². The molecule has 0 aromatic heterocycles. The van der Waals surface area contributed by atoms with Crippen molar-refractivity contribution in [2.75, 3.05) is 13.6 Å². The highest BCUT2D eigenvalue weighted by Gasteiger charge is 2.09. The molecule has 1 N–H and O–H groups in total. The fourth-order valence-corrected chi connectivity index (χ4v) is 1.61. The Balaban J connectivity index is 2.91. The number of hydrogen-bond acceptors (Lipinski definition) is 1. The van der Waals surface area contributed by atoms with Gasteiger partial charge in [0.2, 0.25) is 0 Å². The highest BCUT2D eigenvalue weighted by molar-refractivity contribution is 6.31. The summed E-state index contributed by atoms with van der Waals surface area (Å²) in [5.41, 5.74) is 0.857. The zero-order chi connectivity index (χ0) is 9.84. The summed E-state index contributed by atoms with van der Waals surface area (Å²) >= 11 is 5.93. The molecule has 1 atom stereocenters. The van der Waals surface area contributed by atoms with Crippen molar-refractivity contribution in [3.63, 3.8) is 0 Å². The fraction of sp³-hybridized carbons (Fsp3) is 0.400. The van der Waals surface area contributed by atoms with Crippen LogP contribution >= 0.6 is 11.6 Å². The smallest absolute Gasteiger partial charge is 0.123 e. The first-order valence-corrected chi connectivity index (χ1v) is 4.62. The molecular weight excluding hydrogens is 189 g/mol. The summed E-state index contributed by atoms with van der Waals surface area (Å²) in [4.78, 5) is 0. The topological polar surface area (TPSA) is 12.0 Å². The summed E-state index contributed by atoms with van der Waals surface area (Å²) in [7, 11) is 1.86. The van der Waals surface area contributed by atoms with Crippen molar-refractivity contribution in [3.05, 3.63) is 34.6 Å². The van der Waals surface area contributed by atoms with E-state index in [1.165, 1.54) is 12.1 Å². The summed E-state index contributed by atoms with van der Waals surface area (Å²) in [6.07, 6.45) is 0. The van der Waals surface area contributed by atoms with Crippen LogP contribution in [-0.4, -0.2) is 13.6 Å². The molecule has 0 radical (unpaired) electrons. The fourth-order valence-electron chi connectivity index (χ4n) is 1.31. The van der Waals surface area contributed by atoms with Crippen LogP contribution in [0.5, 0.6) is 0 Å². The highest BCUT2D eigenvalue weighted by atomic mass is 35.5. The van der Waals surface area contributed by atoms with Gasteiger partial charge in [0.25, 0.3) is 0 Å². The van der Waals surface area contributed by atoms with Crippen LogP contribution in [0, 0.1) is 5.82 Å². The molecule has 1 nitrogen and oxygen atoms in total. The third-order valence-corrected chi connectivity index (χ3v) is 2.34. The maximum absolute atomic E-state index is 12.9. The SMILES string of the molecule is CNCC(C)c1cc(F)ccc1Cl. The first kappa shape index (κ1) is 10.5. The molecule has 13 heavy (non-hydrogen) atoms. The van der Waals surface area contributed by atoms with E-state index in [2.05, 4.69) is 5.32 Å². The van der Waals surface area contributed by atoms with Gasteiger partial charge in [-0.05, 0) is 36.7 Å². The molecular formula is C10H13ClFN. The van der Waals surface area contributed by atoms with Crippen molar-refractivity contribution in [1.82, 2.24) is 5.32 Å². The zero-order valence-electron chi connectivity index (χ0n) is 7.77. The van der Waals surface area contributed by atoms with E-state index >= 15 is 0 Å². The molecule has 0 saturated heterocycles. The van der Waals surface area contributed by atoms with Crippen molar-refractivity contribution in [2.45, 2.75) is 12.8 Å². The average molecular weight is 202 g/mol. The van der Waals surface area contributed by atoms with Crippen molar-refractivity contribution in [1.29, 1.82) is 0 Å². The summed E-state index contributed by atoms with van der Waals surface area (Å²) in [5.74, 6) is -0.00412. The van der Waals surface area contributed by atoms with Crippen molar-refractivity contribution in [2.24, 2.45) is 0 Å². The van der Waals surface area contributed by atoms with Gasteiger partial charge in [0.05, 0.1) is 0 Å². The van der Waals surface area contributed by atoms with Gasteiger partial charge < -0.3 is 5.32 Å². The molecule has 0 saturated carbocycles. The van der Waals surface area contributed by atoms with Gasteiger partial charge in [-0.2, -0.15) is 0 Å². The maximum atomic E-state index is 12.9. The van der Waals surface area contributed by atoms with E-state index in [9.17, 15) is 4.39 Å². The van der Waals surface area contributed by atoms with Crippen LogP contribution in [0.1, 0.15) is 18.4 Å². The maximum Gasteiger partial charge on any atom is 0.123 e. The molecule has 1 aromatic carbocycles. The minimum Gasteiger partial charge on any atom is -0.319 e. The minimum absolute atomic E-state index is 0.230. The third kappa shape index (κ3) is 2.68. The molecule has 0 aliphatic heterocycles. The Morgan fingerprint density at radius 2 is 2.23 bits per heavy atom. The Morgan fingerprint density at radius 1 is 1.54 bits per heavy atom. The van der Waals surface area contributed by atoms with Crippen molar-refractivity contribution in [3.8, 4) is 0 Å². The molecule has 1 aromatic rings. The number of benzene rings is 1. The quantitative estimate of drug-likeness (QED) is 0.793. The van der Waals surface area contributed by atoms with Gasteiger partial charge in [-0.25, -0.2) is 4.39 Å². The Labute approximate surface area is 82.9 Å². The highest BCUT2D eigenvalue weighted by Crippen LogP contribution is 2.24. The molecule has 0 aliphatic carbocycles. The molecule has 0 fully saturated rings. The van der Waals surface area contributed by atoms with Crippen LogP contribution in [0.25, 0.3) is 0 Å². The van der Waals surface area contributed by atoms with Crippen LogP contribution in [0.3, 0.4) is 0 Å². The third-order valence-electron chi connectivity index (χ3n) is 2.00. The summed E-state index contributed by atoms with van der Waals surface area (Å²) in [5, 5.41) is 3.66. The van der Waals surface area contributed by atoms with E-state index in [0.717, 1.165) is 12.1 Å². The minimum atomic E-state index is -0.234. The molecule has 0 aliphatic rings. The number of halogens is 2. The predicted octanol–water partition coefficient (Wildman–Crippen LogP) is 2.80. The van der Waals surface area contributed by atoms with E-state index in [1.54, 1.807) is 6.07 Å². The lowest BCUT2D eigenvalue weighted by atomic mass is 10.0. The molecule has 0 heterocycles. The van der Waals surface area contributed by atoms with Crippen LogP contribution in [0.4, 0.5) is 4.39 Å². The van der Waals surface area contributed by atoms with Crippen LogP contribution < -0.4 is 5.32 Å². The Hall–Kier alpha value is -0.600. The van der Waals surface area contributed by atoms with Gasteiger partial charge in [0.1, 0.15) is 5.82 Å². The van der Waals surface area contributed by atoms with E-state index < -0.39 is 0 Å². The molecule has 72 valence electrons. The second-order valence-electron chi connectivity index (χ2n) is 3.12.